The average Bonchev–Trinajstić information content (AvgIpc) is 2.77. The van der Waals surface area contributed by atoms with Gasteiger partial charge in [-0.15, -0.1) is 0 Å². The third-order valence-corrected chi connectivity index (χ3v) is 5.23. The Labute approximate surface area is 176 Å². The first kappa shape index (κ1) is 21.7. The molecule has 8 heteroatoms. The first-order valence-corrected chi connectivity index (χ1v) is 9.90. The van der Waals surface area contributed by atoms with Gasteiger partial charge in [0.15, 0.2) is 17.5 Å². The number of methoxy groups -OCH3 is 2. The van der Waals surface area contributed by atoms with Crippen LogP contribution in [0, 0.1) is 5.82 Å². The standard InChI is InChI=1S/C22H29FN4O3/c1-24-22(25-14-16-4-6-20(28)19(23)12-16)27-10-8-26(9-11-27)15-17-13-18(29-2)5-7-21(17)30-3/h4-7,12-13,28H,8-11,14-15H2,1-3H3,(H,24,25). The number of phenols is 1. The molecule has 2 aromatic rings. The lowest BCUT2D eigenvalue weighted by Crippen LogP contribution is -2.52. The van der Waals surface area contributed by atoms with E-state index >= 15 is 0 Å². The lowest BCUT2D eigenvalue weighted by Gasteiger charge is -2.36. The van der Waals surface area contributed by atoms with Gasteiger partial charge in [-0.05, 0) is 35.9 Å². The van der Waals surface area contributed by atoms with Crippen molar-refractivity contribution in [2.45, 2.75) is 13.1 Å². The molecule has 0 saturated carbocycles. The number of aromatic hydroxyl groups is 1. The Bertz CT molecular complexity index is 883. The Hall–Kier alpha value is -3.00. The minimum Gasteiger partial charge on any atom is -0.505 e. The maximum absolute atomic E-state index is 13.5. The van der Waals surface area contributed by atoms with Gasteiger partial charge in [-0.25, -0.2) is 4.39 Å². The Morgan fingerprint density at radius 3 is 2.50 bits per heavy atom. The summed E-state index contributed by atoms with van der Waals surface area (Å²) in [4.78, 5) is 8.92. The number of rotatable bonds is 6. The van der Waals surface area contributed by atoms with E-state index in [1.54, 1.807) is 27.3 Å². The summed E-state index contributed by atoms with van der Waals surface area (Å²) in [5.74, 6) is 1.50. The molecule has 2 aromatic carbocycles. The summed E-state index contributed by atoms with van der Waals surface area (Å²) in [6.07, 6.45) is 0. The fourth-order valence-corrected chi connectivity index (χ4v) is 3.54. The van der Waals surface area contributed by atoms with E-state index < -0.39 is 5.82 Å². The minimum atomic E-state index is -0.620. The van der Waals surface area contributed by atoms with Crippen molar-refractivity contribution < 1.29 is 19.0 Å². The van der Waals surface area contributed by atoms with Crippen molar-refractivity contribution in [3.8, 4) is 17.2 Å². The number of nitrogens with zero attached hydrogens (tertiary/aromatic N) is 3. The van der Waals surface area contributed by atoms with Crippen LogP contribution >= 0.6 is 0 Å². The van der Waals surface area contributed by atoms with E-state index in [4.69, 9.17) is 9.47 Å². The van der Waals surface area contributed by atoms with E-state index in [-0.39, 0.29) is 5.75 Å². The largest absolute Gasteiger partial charge is 0.505 e. The molecule has 1 fully saturated rings. The van der Waals surface area contributed by atoms with Crippen LogP contribution in [-0.2, 0) is 13.1 Å². The van der Waals surface area contributed by atoms with Gasteiger partial charge in [0.1, 0.15) is 11.5 Å². The summed E-state index contributed by atoms with van der Waals surface area (Å²) in [6.45, 7) is 4.65. The Balaban J connectivity index is 1.54. The average molecular weight is 416 g/mol. The van der Waals surface area contributed by atoms with E-state index in [2.05, 4.69) is 20.1 Å². The predicted molar refractivity (Wildman–Crippen MR) is 115 cm³/mol. The smallest absolute Gasteiger partial charge is 0.194 e. The van der Waals surface area contributed by atoms with Crippen molar-refractivity contribution in [1.82, 2.24) is 15.1 Å². The van der Waals surface area contributed by atoms with Gasteiger partial charge in [0, 0.05) is 51.9 Å². The second kappa shape index (κ2) is 10.2. The molecule has 0 aliphatic carbocycles. The van der Waals surface area contributed by atoms with Crippen molar-refractivity contribution in [1.29, 1.82) is 0 Å². The SMILES string of the molecule is CN=C(NCc1ccc(O)c(F)c1)N1CCN(Cc2cc(OC)ccc2OC)CC1. The maximum Gasteiger partial charge on any atom is 0.194 e. The molecule has 0 amide bonds. The van der Waals surface area contributed by atoms with E-state index in [0.29, 0.717) is 6.54 Å². The van der Waals surface area contributed by atoms with Crippen LogP contribution in [0.15, 0.2) is 41.4 Å². The Morgan fingerprint density at radius 2 is 1.87 bits per heavy atom. The second-order valence-electron chi connectivity index (χ2n) is 7.13. The number of guanidine groups is 1. The number of aliphatic imine (C=N–C) groups is 1. The lowest BCUT2D eigenvalue weighted by molar-refractivity contribution is 0.171. The third-order valence-electron chi connectivity index (χ3n) is 5.23. The molecule has 162 valence electrons. The summed E-state index contributed by atoms with van der Waals surface area (Å²) in [5, 5.41) is 12.6. The van der Waals surface area contributed by atoms with Crippen molar-refractivity contribution >= 4 is 5.96 Å². The van der Waals surface area contributed by atoms with Gasteiger partial charge in [-0.1, -0.05) is 6.07 Å². The first-order chi connectivity index (χ1) is 14.5. The molecule has 1 saturated heterocycles. The Kier molecular flexibility index (Phi) is 7.35. The highest BCUT2D eigenvalue weighted by Crippen LogP contribution is 2.25. The summed E-state index contributed by atoms with van der Waals surface area (Å²) in [6, 6.07) is 10.2. The summed E-state index contributed by atoms with van der Waals surface area (Å²) < 4.78 is 24.4. The highest BCUT2D eigenvalue weighted by atomic mass is 19.1. The first-order valence-electron chi connectivity index (χ1n) is 9.90. The van der Waals surface area contributed by atoms with Crippen LogP contribution in [0.1, 0.15) is 11.1 Å². The summed E-state index contributed by atoms with van der Waals surface area (Å²) in [7, 11) is 5.08. The van der Waals surface area contributed by atoms with E-state index in [0.717, 1.165) is 61.3 Å². The molecular weight excluding hydrogens is 387 g/mol. The number of benzene rings is 2. The van der Waals surface area contributed by atoms with E-state index in [1.165, 1.54) is 12.1 Å². The molecular formula is C22H29FN4O3. The lowest BCUT2D eigenvalue weighted by atomic mass is 10.1. The molecule has 7 nitrogen and oxygen atoms in total. The molecule has 0 bridgehead atoms. The summed E-state index contributed by atoms with van der Waals surface area (Å²) >= 11 is 0. The number of phenolic OH excluding ortho intramolecular Hbond substituents is 1. The van der Waals surface area contributed by atoms with Gasteiger partial charge in [0.05, 0.1) is 14.2 Å². The number of nitrogens with one attached hydrogen (secondary N) is 1. The molecule has 2 N–H and O–H groups in total. The van der Waals surface area contributed by atoms with Gasteiger partial charge < -0.3 is 24.8 Å². The highest BCUT2D eigenvalue weighted by molar-refractivity contribution is 5.80. The van der Waals surface area contributed by atoms with Crippen LogP contribution in [0.25, 0.3) is 0 Å². The Morgan fingerprint density at radius 1 is 1.10 bits per heavy atom. The fraction of sp³-hybridized carbons (Fsp3) is 0.409. The number of hydrogen-bond acceptors (Lipinski definition) is 5. The van der Waals surface area contributed by atoms with Gasteiger partial charge in [0.2, 0.25) is 0 Å². The van der Waals surface area contributed by atoms with Gasteiger partial charge in [0.25, 0.3) is 0 Å². The molecule has 1 aliphatic heterocycles. The van der Waals surface area contributed by atoms with Crippen LogP contribution < -0.4 is 14.8 Å². The third kappa shape index (κ3) is 5.33. The molecule has 3 rings (SSSR count). The molecule has 0 radical (unpaired) electrons. The number of halogens is 1. The highest BCUT2D eigenvalue weighted by Gasteiger charge is 2.21. The monoisotopic (exact) mass is 416 g/mol. The van der Waals surface area contributed by atoms with Gasteiger partial charge >= 0.3 is 0 Å². The molecule has 0 atom stereocenters. The van der Waals surface area contributed by atoms with Crippen LogP contribution in [0.5, 0.6) is 17.2 Å². The van der Waals surface area contributed by atoms with Crippen LogP contribution in [0.3, 0.4) is 0 Å². The minimum absolute atomic E-state index is 0.341. The predicted octanol–water partition coefficient (Wildman–Crippen LogP) is 2.44. The van der Waals surface area contributed by atoms with Crippen molar-refractivity contribution in [2.75, 3.05) is 47.4 Å². The van der Waals surface area contributed by atoms with E-state index in [9.17, 15) is 9.50 Å². The zero-order valence-electron chi connectivity index (χ0n) is 17.7. The number of piperazine rings is 1. The molecule has 0 aromatic heterocycles. The zero-order chi connectivity index (χ0) is 21.5. The quantitative estimate of drug-likeness (QED) is 0.557. The van der Waals surface area contributed by atoms with Crippen LogP contribution in [0.2, 0.25) is 0 Å². The number of ether oxygens (including phenoxy) is 2. The fourth-order valence-electron chi connectivity index (χ4n) is 3.54. The topological polar surface area (TPSA) is 69.6 Å². The molecule has 1 aliphatic rings. The maximum atomic E-state index is 13.5. The molecule has 30 heavy (non-hydrogen) atoms. The van der Waals surface area contributed by atoms with E-state index in [1.807, 2.05) is 18.2 Å². The van der Waals surface area contributed by atoms with Crippen LogP contribution in [-0.4, -0.2) is 68.3 Å². The van der Waals surface area contributed by atoms with Crippen molar-refractivity contribution in [3.05, 3.63) is 53.3 Å². The normalized spacial score (nSPS) is 15.2. The van der Waals surface area contributed by atoms with Gasteiger partial charge in [-0.2, -0.15) is 0 Å². The molecule has 0 spiro atoms. The number of hydrogen-bond donors (Lipinski definition) is 2. The van der Waals surface area contributed by atoms with Crippen molar-refractivity contribution in [3.63, 3.8) is 0 Å². The zero-order valence-corrected chi connectivity index (χ0v) is 17.7. The molecule has 1 heterocycles. The summed E-state index contributed by atoms with van der Waals surface area (Å²) in [5.41, 5.74) is 1.84. The molecule has 0 unspecified atom stereocenters. The second-order valence-corrected chi connectivity index (χ2v) is 7.13. The van der Waals surface area contributed by atoms with Gasteiger partial charge in [-0.3, -0.25) is 9.89 Å². The van der Waals surface area contributed by atoms with Crippen LogP contribution in [0.4, 0.5) is 4.39 Å². The van der Waals surface area contributed by atoms with Crippen molar-refractivity contribution in [2.24, 2.45) is 4.99 Å².